The third-order valence-electron chi connectivity index (χ3n) is 5.86. The summed E-state index contributed by atoms with van der Waals surface area (Å²) >= 11 is 0. The highest BCUT2D eigenvalue weighted by atomic mass is 19.1. The van der Waals surface area contributed by atoms with Crippen LogP contribution in [0.25, 0.3) is 22.0 Å². The number of carbonyl (C=O) groups excluding carboxylic acids is 1. The van der Waals surface area contributed by atoms with Gasteiger partial charge in [0, 0.05) is 41.5 Å². The zero-order valence-corrected chi connectivity index (χ0v) is 16.4. The van der Waals surface area contributed by atoms with Crippen molar-refractivity contribution in [2.24, 2.45) is 11.8 Å². The number of fused-ring (bicyclic) bond motifs is 1. The summed E-state index contributed by atoms with van der Waals surface area (Å²) in [6.45, 7) is 2.16. The minimum absolute atomic E-state index is 0.232. The molecule has 1 amide bonds. The van der Waals surface area contributed by atoms with Gasteiger partial charge >= 0.3 is 0 Å². The molecular formula is C22H20F2N4O2. The average Bonchev–Trinajstić information content (AvgIpc) is 3.64. The average molecular weight is 410 g/mol. The topological polar surface area (TPSA) is 76.9 Å². The molecule has 2 atom stereocenters. The fourth-order valence-electron chi connectivity index (χ4n) is 3.70. The van der Waals surface area contributed by atoms with Gasteiger partial charge in [0.25, 0.3) is 5.56 Å². The van der Waals surface area contributed by atoms with Crippen LogP contribution >= 0.6 is 0 Å². The molecule has 2 aliphatic rings. The molecule has 0 spiro atoms. The number of nitrogens with one attached hydrogen (secondary N) is 1. The number of nitrogens with zero attached hydrogens (tertiary/aromatic N) is 3. The maximum atomic E-state index is 14.1. The molecule has 0 aromatic carbocycles. The van der Waals surface area contributed by atoms with Gasteiger partial charge in [0.2, 0.25) is 5.91 Å². The summed E-state index contributed by atoms with van der Waals surface area (Å²) in [4.78, 5) is 33.6. The predicted octanol–water partition coefficient (Wildman–Crippen LogP) is 3.61. The molecule has 3 heterocycles. The molecule has 154 valence electrons. The van der Waals surface area contributed by atoms with Gasteiger partial charge in [-0.1, -0.05) is 0 Å². The number of aromatic nitrogens is 3. The van der Waals surface area contributed by atoms with Crippen LogP contribution in [0.1, 0.15) is 24.8 Å². The smallest absolute Gasteiger partial charge is 0.259 e. The molecule has 2 aliphatic carbocycles. The third-order valence-corrected chi connectivity index (χ3v) is 5.86. The quantitative estimate of drug-likeness (QED) is 0.697. The molecule has 30 heavy (non-hydrogen) atoms. The van der Waals surface area contributed by atoms with E-state index in [1.807, 2.05) is 0 Å². The second kappa shape index (κ2) is 6.97. The Hall–Kier alpha value is -3.16. The Morgan fingerprint density at radius 1 is 1.23 bits per heavy atom. The first kappa shape index (κ1) is 18.8. The van der Waals surface area contributed by atoms with Gasteiger partial charge in [-0.15, -0.1) is 0 Å². The Balaban J connectivity index is 1.62. The fourth-order valence-corrected chi connectivity index (χ4v) is 3.70. The van der Waals surface area contributed by atoms with E-state index in [2.05, 4.69) is 15.3 Å². The van der Waals surface area contributed by atoms with Crippen LogP contribution in [0.5, 0.6) is 0 Å². The first-order valence-corrected chi connectivity index (χ1v) is 10.0. The minimum Gasteiger partial charge on any atom is -0.310 e. The summed E-state index contributed by atoms with van der Waals surface area (Å²) in [6, 6.07) is 3.33. The Morgan fingerprint density at radius 3 is 2.70 bits per heavy atom. The molecule has 3 aromatic rings. The van der Waals surface area contributed by atoms with E-state index in [0.29, 0.717) is 40.1 Å². The monoisotopic (exact) mass is 410 g/mol. The summed E-state index contributed by atoms with van der Waals surface area (Å²) in [5.74, 6) is -0.793. The van der Waals surface area contributed by atoms with Crippen LogP contribution in [0, 0.1) is 24.6 Å². The third kappa shape index (κ3) is 3.36. The van der Waals surface area contributed by atoms with Gasteiger partial charge in [0.05, 0.1) is 17.6 Å². The van der Waals surface area contributed by atoms with Crippen LogP contribution in [-0.2, 0) is 11.3 Å². The van der Waals surface area contributed by atoms with Crippen molar-refractivity contribution >= 4 is 22.6 Å². The van der Waals surface area contributed by atoms with Gasteiger partial charge in [-0.05, 0) is 43.7 Å². The fraction of sp³-hybridized carbons (Fsp3) is 0.364. The Kier molecular flexibility index (Phi) is 4.38. The summed E-state index contributed by atoms with van der Waals surface area (Å²) < 4.78 is 28.9. The van der Waals surface area contributed by atoms with Crippen LogP contribution in [-0.4, -0.2) is 26.6 Å². The SMILES string of the molecule is Cc1c(F)cncc1-c1cc2cnc(NC(=O)[C@H]3C[C@H]3F)cc2n(CC2CC2)c1=O. The lowest BCUT2D eigenvalue weighted by Gasteiger charge is -2.15. The molecule has 1 N–H and O–H groups in total. The molecular weight excluding hydrogens is 390 g/mol. The predicted molar refractivity (Wildman–Crippen MR) is 108 cm³/mol. The summed E-state index contributed by atoms with van der Waals surface area (Å²) in [7, 11) is 0. The normalized spacial score (nSPS) is 20.4. The number of carbonyl (C=O) groups is 1. The van der Waals surface area contributed by atoms with Crippen molar-refractivity contribution < 1.29 is 13.6 Å². The van der Waals surface area contributed by atoms with Crippen molar-refractivity contribution in [1.82, 2.24) is 14.5 Å². The highest BCUT2D eigenvalue weighted by molar-refractivity contribution is 5.95. The number of pyridine rings is 3. The van der Waals surface area contributed by atoms with Crippen molar-refractivity contribution in [3.63, 3.8) is 0 Å². The Morgan fingerprint density at radius 2 is 2.00 bits per heavy atom. The van der Waals surface area contributed by atoms with E-state index in [1.54, 1.807) is 29.8 Å². The van der Waals surface area contributed by atoms with Crippen LogP contribution in [0.4, 0.5) is 14.6 Å². The lowest BCUT2D eigenvalue weighted by Crippen LogP contribution is -2.24. The van der Waals surface area contributed by atoms with Crippen molar-refractivity contribution in [1.29, 1.82) is 0 Å². The number of anilines is 1. The van der Waals surface area contributed by atoms with E-state index in [1.165, 1.54) is 6.20 Å². The molecule has 6 nitrogen and oxygen atoms in total. The molecule has 8 heteroatoms. The van der Waals surface area contributed by atoms with E-state index in [0.717, 1.165) is 19.0 Å². The van der Waals surface area contributed by atoms with E-state index < -0.39 is 23.8 Å². The van der Waals surface area contributed by atoms with Gasteiger partial charge in [-0.25, -0.2) is 13.8 Å². The molecule has 0 bridgehead atoms. The van der Waals surface area contributed by atoms with Gasteiger partial charge in [0.15, 0.2) is 0 Å². The molecule has 2 saturated carbocycles. The number of amides is 1. The summed E-state index contributed by atoms with van der Waals surface area (Å²) in [5.41, 5.74) is 1.58. The molecule has 5 rings (SSSR count). The number of alkyl halides is 1. The lowest BCUT2D eigenvalue weighted by molar-refractivity contribution is -0.117. The van der Waals surface area contributed by atoms with Gasteiger partial charge in [-0.3, -0.25) is 14.6 Å². The molecule has 0 aliphatic heterocycles. The van der Waals surface area contributed by atoms with E-state index in [4.69, 9.17) is 0 Å². The Bertz CT molecular complexity index is 1240. The molecule has 0 radical (unpaired) electrons. The largest absolute Gasteiger partial charge is 0.310 e. The molecule has 3 aromatic heterocycles. The molecule has 2 fully saturated rings. The Labute approximate surface area is 171 Å². The van der Waals surface area contributed by atoms with Gasteiger partial charge < -0.3 is 9.88 Å². The van der Waals surface area contributed by atoms with E-state index in [-0.39, 0.29) is 17.8 Å². The highest BCUT2D eigenvalue weighted by Gasteiger charge is 2.43. The van der Waals surface area contributed by atoms with Crippen molar-refractivity contribution in [2.75, 3.05) is 5.32 Å². The second-order valence-corrected chi connectivity index (χ2v) is 8.19. The van der Waals surface area contributed by atoms with Gasteiger partial charge in [0.1, 0.15) is 17.8 Å². The number of hydrogen-bond acceptors (Lipinski definition) is 4. The molecule has 0 saturated heterocycles. The van der Waals surface area contributed by atoms with Crippen molar-refractivity contribution in [3.8, 4) is 11.1 Å². The van der Waals surface area contributed by atoms with Crippen LogP contribution in [0.2, 0.25) is 0 Å². The van der Waals surface area contributed by atoms with Crippen molar-refractivity contribution in [2.45, 2.75) is 38.9 Å². The number of halogens is 2. The standard InChI is InChI=1S/C22H20F2N4O2/c1-11-16(8-25-9-18(11)24)14-4-13-7-26-20(27-21(29)15-5-17(15)23)6-19(13)28(22(14)30)10-12-2-3-12/h4,6-9,12,15,17H,2-3,5,10H2,1H3,(H,26,27,29)/t15-,17+/m0/s1. The number of rotatable bonds is 5. The van der Waals surface area contributed by atoms with E-state index in [9.17, 15) is 18.4 Å². The lowest BCUT2D eigenvalue weighted by atomic mass is 10.0. The maximum absolute atomic E-state index is 14.1. The zero-order chi connectivity index (χ0) is 21.0. The first-order chi connectivity index (χ1) is 14.4. The highest BCUT2D eigenvalue weighted by Crippen LogP contribution is 2.35. The number of hydrogen-bond donors (Lipinski definition) is 1. The summed E-state index contributed by atoms with van der Waals surface area (Å²) in [6.07, 6.45) is 5.42. The maximum Gasteiger partial charge on any atom is 0.259 e. The van der Waals surface area contributed by atoms with Crippen LogP contribution in [0.3, 0.4) is 0 Å². The first-order valence-electron chi connectivity index (χ1n) is 10.0. The minimum atomic E-state index is -1.09. The van der Waals surface area contributed by atoms with Crippen molar-refractivity contribution in [3.05, 3.63) is 52.5 Å². The van der Waals surface area contributed by atoms with Crippen LogP contribution < -0.4 is 10.9 Å². The molecule has 0 unspecified atom stereocenters. The van der Waals surface area contributed by atoms with E-state index >= 15 is 0 Å². The zero-order valence-electron chi connectivity index (χ0n) is 16.4. The summed E-state index contributed by atoms with van der Waals surface area (Å²) in [5, 5.41) is 3.34. The van der Waals surface area contributed by atoms with Crippen LogP contribution in [0.15, 0.2) is 35.5 Å². The second-order valence-electron chi connectivity index (χ2n) is 8.19. The van der Waals surface area contributed by atoms with Gasteiger partial charge in [-0.2, -0.15) is 0 Å².